The van der Waals surface area contributed by atoms with Crippen LogP contribution in [0, 0.1) is 5.52 Å². The van der Waals surface area contributed by atoms with Gasteiger partial charge in [0, 0.05) is 0 Å². The highest BCUT2D eigenvalue weighted by molar-refractivity contribution is 5.34. The molecule has 0 radical (unpaired) electrons. The van der Waals surface area contributed by atoms with Crippen molar-refractivity contribution in [2.75, 3.05) is 0 Å². The Bertz CT molecular complexity index is 195. The van der Waals surface area contributed by atoms with Gasteiger partial charge in [0.15, 0.2) is 0 Å². The first-order valence-corrected chi connectivity index (χ1v) is 2.33. The first-order valence-electron chi connectivity index (χ1n) is 2.78. The maximum absolute atomic E-state index is 6.40. The fraction of sp³-hybridized carbons (Fsp3) is 0. The molecule has 0 heterocycles. The number of para-hydroxylation sites is 1. The van der Waals surface area contributed by atoms with Crippen molar-refractivity contribution in [2.45, 2.75) is 0 Å². The number of nitrogens with one attached hydrogen (secondary N) is 1. The Morgan fingerprint density at radius 3 is 2.75 bits per heavy atom. The lowest BCUT2D eigenvalue weighted by Gasteiger charge is -1.83. The van der Waals surface area contributed by atoms with Crippen LogP contribution in [0.5, 0.6) is 0 Å². The van der Waals surface area contributed by atoms with Crippen molar-refractivity contribution in [3.8, 4) is 0 Å². The molecule has 0 amide bonds. The van der Waals surface area contributed by atoms with Crippen LogP contribution >= 0.6 is 0 Å². The summed E-state index contributed by atoms with van der Waals surface area (Å²) in [6.45, 7) is 0. The van der Waals surface area contributed by atoms with Gasteiger partial charge in [0.05, 0.1) is 5.69 Å². The van der Waals surface area contributed by atoms with Gasteiger partial charge in [-0.1, -0.05) is 18.2 Å². The predicted molar refractivity (Wildman–Crippen MR) is 31.2 cm³/mol. The molecule has 1 N–H and O–H groups in total. The van der Waals surface area contributed by atoms with Crippen LogP contribution < -0.4 is 0 Å². The minimum atomic E-state index is 0.715. The summed E-state index contributed by atoms with van der Waals surface area (Å²) in [5.41, 5.74) is 3.60. The minimum Gasteiger partial charge on any atom is -0.204 e. The van der Waals surface area contributed by atoms with E-state index >= 15 is 0 Å². The SMILES string of the molecule is [2H]/N=N/c1ccccc1. The first-order chi connectivity index (χ1) is 4.43. The van der Waals surface area contributed by atoms with Crippen molar-refractivity contribution < 1.29 is 1.41 Å². The summed E-state index contributed by atoms with van der Waals surface area (Å²) in [6, 6.07) is 9.17. The molecule has 0 saturated carbocycles. The van der Waals surface area contributed by atoms with Gasteiger partial charge >= 0.3 is 0 Å². The zero-order valence-electron chi connectivity index (χ0n) is 5.28. The molecular weight excluding hydrogens is 100 g/mol. The number of nitrogens with zero attached hydrogens (tertiary/aromatic N) is 1. The summed E-state index contributed by atoms with van der Waals surface area (Å²) in [5.74, 6) is 0. The van der Waals surface area contributed by atoms with Gasteiger partial charge in [-0.15, -0.1) is 0 Å². The second-order valence-electron chi connectivity index (χ2n) is 1.44. The third-order valence-corrected chi connectivity index (χ3v) is 0.872. The van der Waals surface area contributed by atoms with Crippen molar-refractivity contribution >= 4 is 5.69 Å². The maximum Gasteiger partial charge on any atom is 0.214 e. The summed E-state index contributed by atoms with van der Waals surface area (Å²) >= 11 is 0. The number of rotatable bonds is 1. The molecule has 0 fully saturated rings. The quantitative estimate of drug-likeness (QED) is 0.535. The molecule has 8 heavy (non-hydrogen) atoms. The van der Waals surface area contributed by atoms with E-state index in [0.29, 0.717) is 5.69 Å². The van der Waals surface area contributed by atoms with Gasteiger partial charge in [-0.25, -0.2) is 5.52 Å². The van der Waals surface area contributed by atoms with Crippen molar-refractivity contribution in [1.29, 1.82) is 5.52 Å². The minimum absolute atomic E-state index is 0.715. The van der Waals surface area contributed by atoms with Crippen molar-refractivity contribution in [3.05, 3.63) is 30.3 Å². The molecule has 1 aromatic carbocycles. The van der Waals surface area contributed by atoms with Crippen LogP contribution in [-0.4, -0.2) is 0 Å². The maximum atomic E-state index is 6.40. The molecule has 0 aromatic heterocycles. The van der Waals surface area contributed by atoms with Crippen LogP contribution in [0.1, 0.15) is 0 Å². The summed E-state index contributed by atoms with van der Waals surface area (Å²) in [7, 11) is 0. The van der Waals surface area contributed by atoms with E-state index in [1.54, 1.807) is 12.1 Å². The second-order valence-corrected chi connectivity index (χ2v) is 1.44. The van der Waals surface area contributed by atoms with Crippen molar-refractivity contribution in [1.82, 2.24) is 0 Å². The Kier molecular flexibility index (Phi) is 1.04. The van der Waals surface area contributed by atoms with Gasteiger partial charge in [-0.05, 0) is 12.1 Å². The average molecular weight is 107 g/mol. The summed E-state index contributed by atoms with van der Waals surface area (Å²) in [5, 5.41) is 3.50. The number of benzene rings is 1. The van der Waals surface area contributed by atoms with Gasteiger partial charge < -0.3 is 0 Å². The molecule has 1 rings (SSSR count). The van der Waals surface area contributed by atoms with E-state index < -0.39 is 0 Å². The zero-order valence-corrected chi connectivity index (χ0v) is 4.28. The van der Waals surface area contributed by atoms with E-state index in [2.05, 4.69) is 10.6 Å². The Morgan fingerprint density at radius 2 is 2.12 bits per heavy atom. The summed E-state index contributed by atoms with van der Waals surface area (Å²) < 4.78 is 6.40. The standard InChI is InChI=1S/C6H6N2/c7-8-6-4-2-1-3-5-6/h1-5,7H/b8-7+/i/hD. The Morgan fingerprint density at radius 1 is 1.38 bits per heavy atom. The van der Waals surface area contributed by atoms with Gasteiger partial charge in [0.2, 0.25) is 1.41 Å². The zero-order chi connectivity index (χ0) is 6.53. The molecule has 0 atom stereocenters. The third-order valence-electron chi connectivity index (χ3n) is 0.872. The fourth-order valence-corrected chi connectivity index (χ4v) is 0.495. The van der Waals surface area contributed by atoms with Gasteiger partial charge in [-0.2, -0.15) is 5.11 Å². The Hall–Kier alpha value is -1.18. The fourth-order valence-electron chi connectivity index (χ4n) is 0.495. The normalized spacial score (nSPS) is 11.8. The van der Waals surface area contributed by atoms with Gasteiger partial charge in [0.1, 0.15) is 0 Å². The molecule has 1 aromatic rings. The molecule has 0 aliphatic carbocycles. The monoisotopic (exact) mass is 107 g/mol. The van der Waals surface area contributed by atoms with E-state index in [0.717, 1.165) is 0 Å². The summed E-state index contributed by atoms with van der Waals surface area (Å²) in [4.78, 5) is 0. The smallest absolute Gasteiger partial charge is 0.204 e. The summed E-state index contributed by atoms with van der Waals surface area (Å²) in [6.07, 6.45) is 0. The highest BCUT2D eigenvalue weighted by atomic mass is 14.9. The predicted octanol–water partition coefficient (Wildman–Crippen LogP) is 2.35. The first kappa shape index (κ1) is 3.78. The van der Waals surface area contributed by atoms with Crippen molar-refractivity contribution in [3.63, 3.8) is 0 Å². The molecular formula is C6H6N2. The molecule has 0 aliphatic rings. The molecule has 0 saturated heterocycles. The topological polar surface area (TPSA) is 36.2 Å². The van der Waals surface area contributed by atoms with E-state index in [1.807, 2.05) is 18.2 Å². The molecule has 2 heteroatoms. The molecule has 0 aliphatic heterocycles. The number of hydrogen-bond donors (Lipinski definition) is 1. The van der Waals surface area contributed by atoms with Crippen LogP contribution in [-0.2, 0) is 0 Å². The molecule has 0 bridgehead atoms. The Labute approximate surface area is 49.1 Å². The highest BCUT2D eigenvalue weighted by Gasteiger charge is 1.78. The van der Waals surface area contributed by atoms with Crippen LogP contribution in [0.4, 0.5) is 5.69 Å². The molecule has 2 nitrogen and oxygen atoms in total. The van der Waals surface area contributed by atoms with E-state index in [4.69, 9.17) is 1.41 Å². The van der Waals surface area contributed by atoms with Gasteiger partial charge in [-0.3, -0.25) is 0 Å². The van der Waals surface area contributed by atoms with Gasteiger partial charge in [0.25, 0.3) is 0 Å². The van der Waals surface area contributed by atoms with Crippen LogP contribution in [0.2, 0.25) is 1.41 Å². The average Bonchev–Trinajstić information content (AvgIpc) is 1.91. The van der Waals surface area contributed by atoms with E-state index in [1.165, 1.54) is 0 Å². The highest BCUT2D eigenvalue weighted by Crippen LogP contribution is 2.07. The van der Waals surface area contributed by atoms with E-state index in [-0.39, 0.29) is 0 Å². The largest absolute Gasteiger partial charge is 0.214 e. The lowest BCUT2D eigenvalue weighted by atomic mass is 10.3. The second kappa shape index (κ2) is 2.21. The lowest BCUT2D eigenvalue weighted by molar-refractivity contribution is 1.15. The molecule has 40 valence electrons. The lowest BCUT2D eigenvalue weighted by Crippen LogP contribution is -1.56. The van der Waals surface area contributed by atoms with Crippen LogP contribution in [0.15, 0.2) is 35.4 Å². The van der Waals surface area contributed by atoms with Crippen molar-refractivity contribution in [2.24, 2.45) is 5.11 Å². The molecule has 0 spiro atoms. The van der Waals surface area contributed by atoms with Crippen LogP contribution in [0.3, 0.4) is 0 Å². The third kappa shape index (κ3) is 0.904. The molecule has 0 unspecified atom stereocenters. The number of hydrogen-bond acceptors (Lipinski definition) is 2. The van der Waals surface area contributed by atoms with E-state index in [9.17, 15) is 0 Å². The van der Waals surface area contributed by atoms with Crippen LogP contribution in [0.25, 0.3) is 0 Å². The Balaban J connectivity index is 2.85.